The first-order valence-electron chi connectivity index (χ1n) is 5.50. The number of aromatic amines is 1. The van der Waals surface area contributed by atoms with Crippen molar-refractivity contribution in [3.63, 3.8) is 0 Å². The van der Waals surface area contributed by atoms with Crippen LogP contribution in [-0.2, 0) is 0 Å². The van der Waals surface area contributed by atoms with Crippen LogP contribution in [0.5, 0.6) is 0 Å². The van der Waals surface area contributed by atoms with Gasteiger partial charge in [0.25, 0.3) is 5.91 Å². The van der Waals surface area contributed by atoms with Crippen molar-refractivity contribution < 1.29 is 9.59 Å². The molecule has 5 heteroatoms. The van der Waals surface area contributed by atoms with Crippen LogP contribution in [0.2, 0.25) is 0 Å². The molecule has 0 aliphatic carbocycles. The number of nitrogens with one attached hydrogen (secondary N) is 2. The molecule has 1 amide bonds. The summed E-state index contributed by atoms with van der Waals surface area (Å²) in [5.74, 6) is -0.285. The molecule has 5 nitrogen and oxygen atoms in total. The van der Waals surface area contributed by atoms with Crippen molar-refractivity contribution >= 4 is 17.4 Å². The van der Waals surface area contributed by atoms with E-state index in [0.717, 1.165) is 0 Å². The molecule has 0 atom stereocenters. The van der Waals surface area contributed by atoms with Crippen LogP contribution < -0.4 is 5.32 Å². The van der Waals surface area contributed by atoms with E-state index in [9.17, 15) is 9.59 Å². The van der Waals surface area contributed by atoms with Gasteiger partial charge in [-0.25, -0.2) is 0 Å². The molecule has 18 heavy (non-hydrogen) atoms. The van der Waals surface area contributed by atoms with Crippen LogP contribution in [-0.4, -0.2) is 21.9 Å². The fraction of sp³-hybridized carbons (Fsp3) is 0.154. The van der Waals surface area contributed by atoms with Crippen molar-refractivity contribution in [2.24, 2.45) is 0 Å². The number of H-pyrrole nitrogens is 1. The molecule has 92 valence electrons. The topological polar surface area (TPSA) is 74.8 Å². The highest BCUT2D eigenvalue weighted by Gasteiger charge is 2.11. The lowest BCUT2D eigenvalue weighted by Gasteiger charge is -2.05. The molecular weight excluding hydrogens is 230 g/mol. The minimum Gasteiger partial charge on any atom is -0.322 e. The first kappa shape index (κ1) is 12.0. The lowest BCUT2D eigenvalue weighted by Crippen LogP contribution is -2.12. The van der Waals surface area contributed by atoms with Crippen molar-refractivity contribution in [3.8, 4) is 0 Å². The Kier molecular flexibility index (Phi) is 3.23. The molecule has 2 aromatic rings. The zero-order chi connectivity index (χ0) is 13.1. The van der Waals surface area contributed by atoms with E-state index in [1.807, 2.05) is 0 Å². The number of anilines is 1. The van der Waals surface area contributed by atoms with Crippen LogP contribution in [0.25, 0.3) is 0 Å². The van der Waals surface area contributed by atoms with Crippen molar-refractivity contribution in [1.82, 2.24) is 10.2 Å². The van der Waals surface area contributed by atoms with Crippen molar-refractivity contribution in [2.45, 2.75) is 13.8 Å². The minimum atomic E-state index is -0.248. The number of carbonyl (C=O) groups excluding carboxylic acids is 2. The van der Waals surface area contributed by atoms with E-state index in [1.54, 1.807) is 31.2 Å². The highest BCUT2D eigenvalue weighted by Crippen LogP contribution is 2.13. The summed E-state index contributed by atoms with van der Waals surface area (Å²) in [4.78, 5) is 23.2. The molecule has 2 N–H and O–H groups in total. The standard InChI is InChI=1S/C13H13N3O2/c1-8-12(7-14-16-8)13(18)15-11-5-3-4-10(6-11)9(2)17/h3-7H,1-2H3,(H,14,16)(H,15,18). The zero-order valence-electron chi connectivity index (χ0n) is 10.2. The molecule has 0 aliphatic rings. The van der Waals surface area contributed by atoms with E-state index < -0.39 is 0 Å². The smallest absolute Gasteiger partial charge is 0.259 e. The predicted octanol–water partition coefficient (Wildman–Crippen LogP) is 2.17. The van der Waals surface area contributed by atoms with Crippen LogP contribution in [0.4, 0.5) is 5.69 Å². The molecule has 0 saturated heterocycles. The van der Waals surface area contributed by atoms with Gasteiger partial charge >= 0.3 is 0 Å². The maximum absolute atomic E-state index is 11.9. The summed E-state index contributed by atoms with van der Waals surface area (Å²) >= 11 is 0. The van der Waals surface area contributed by atoms with Crippen LogP contribution in [0.15, 0.2) is 30.5 Å². The average molecular weight is 243 g/mol. The third-order valence-electron chi connectivity index (χ3n) is 2.60. The fourth-order valence-corrected chi connectivity index (χ4v) is 1.59. The summed E-state index contributed by atoms with van der Waals surface area (Å²) in [6.45, 7) is 3.26. The van der Waals surface area contributed by atoms with E-state index in [2.05, 4.69) is 15.5 Å². The number of benzene rings is 1. The number of ketones is 1. The number of hydrogen-bond donors (Lipinski definition) is 2. The van der Waals surface area contributed by atoms with Crippen LogP contribution in [0.1, 0.15) is 33.3 Å². The first-order chi connectivity index (χ1) is 8.58. The lowest BCUT2D eigenvalue weighted by molar-refractivity contribution is 0.101. The third kappa shape index (κ3) is 2.45. The maximum atomic E-state index is 11.9. The number of aryl methyl sites for hydroxylation is 1. The van der Waals surface area contributed by atoms with Gasteiger partial charge in [0.05, 0.1) is 11.8 Å². The summed E-state index contributed by atoms with van der Waals surface area (Å²) < 4.78 is 0. The quantitative estimate of drug-likeness (QED) is 0.811. The van der Waals surface area contributed by atoms with E-state index >= 15 is 0 Å². The molecule has 0 unspecified atom stereocenters. The Morgan fingerprint density at radius 1 is 1.33 bits per heavy atom. The maximum Gasteiger partial charge on any atom is 0.259 e. The van der Waals surface area contributed by atoms with Crippen LogP contribution >= 0.6 is 0 Å². The summed E-state index contributed by atoms with van der Waals surface area (Å²) in [6, 6.07) is 6.82. The molecule has 1 aromatic heterocycles. The van der Waals surface area contributed by atoms with Crippen molar-refractivity contribution in [2.75, 3.05) is 5.32 Å². The molecule has 0 spiro atoms. The minimum absolute atomic E-state index is 0.0365. The molecule has 0 fully saturated rings. The largest absolute Gasteiger partial charge is 0.322 e. The predicted molar refractivity (Wildman–Crippen MR) is 67.7 cm³/mol. The Labute approximate surface area is 104 Å². The number of nitrogens with zero attached hydrogens (tertiary/aromatic N) is 1. The molecule has 0 radical (unpaired) electrons. The molecule has 0 saturated carbocycles. The van der Waals surface area contributed by atoms with E-state index in [1.165, 1.54) is 13.1 Å². The number of rotatable bonds is 3. The van der Waals surface area contributed by atoms with Crippen molar-refractivity contribution in [1.29, 1.82) is 0 Å². The van der Waals surface area contributed by atoms with Crippen LogP contribution in [0, 0.1) is 6.92 Å². The second-order valence-electron chi connectivity index (χ2n) is 4.00. The average Bonchev–Trinajstić information content (AvgIpc) is 2.76. The van der Waals surface area contributed by atoms with Gasteiger partial charge < -0.3 is 5.32 Å². The third-order valence-corrected chi connectivity index (χ3v) is 2.60. The highest BCUT2D eigenvalue weighted by molar-refractivity contribution is 6.05. The van der Waals surface area contributed by atoms with Gasteiger partial charge in [-0.05, 0) is 26.0 Å². The lowest BCUT2D eigenvalue weighted by atomic mass is 10.1. The van der Waals surface area contributed by atoms with Crippen LogP contribution in [0.3, 0.4) is 0 Å². The summed E-state index contributed by atoms with van der Waals surface area (Å²) in [6.07, 6.45) is 1.47. The van der Waals surface area contributed by atoms with Gasteiger partial charge in [-0.1, -0.05) is 12.1 Å². The van der Waals surface area contributed by atoms with Gasteiger partial charge in [0.15, 0.2) is 5.78 Å². The molecule has 1 aromatic carbocycles. The van der Waals surface area contributed by atoms with Gasteiger partial charge in [-0.3, -0.25) is 14.7 Å². The Morgan fingerprint density at radius 3 is 2.72 bits per heavy atom. The Hall–Kier alpha value is -2.43. The summed E-state index contributed by atoms with van der Waals surface area (Å²) in [7, 11) is 0. The monoisotopic (exact) mass is 243 g/mol. The Balaban J connectivity index is 2.20. The molecule has 2 rings (SSSR count). The number of Topliss-reactive ketones (excluding diaryl/α,β-unsaturated/α-hetero) is 1. The van der Waals surface area contributed by atoms with Crippen molar-refractivity contribution in [3.05, 3.63) is 47.3 Å². The second-order valence-corrected chi connectivity index (χ2v) is 4.00. The normalized spacial score (nSPS) is 10.1. The molecular formula is C13H13N3O2. The molecule has 0 aliphatic heterocycles. The number of carbonyl (C=O) groups is 2. The fourth-order valence-electron chi connectivity index (χ4n) is 1.59. The van der Waals surface area contributed by atoms with E-state index in [0.29, 0.717) is 22.5 Å². The van der Waals surface area contributed by atoms with Gasteiger partial charge in [0.1, 0.15) is 0 Å². The number of aromatic nitrogens is 2. The highest BCUT2D eigenvalue weighted by atomic mass is 16.1. The van der Waals surface area contributed by atoms with E-state index in [4.69, 9.17) is 0 Å². The van der Waals surface area contributed by atoms with Gasteiger partial charge in [-0.2, -0.15) is 5.10 Å². The summed E-state index contributed by atoms with van der Waals surface area (Å²) in [5.41, 5.74) is 2.35. The second kappa shape index (κ2) is 4.83. The first-order valence-corrected chi connectivity index (χ1v) is 5.50. The van der Waals surface area contributed by atoms with Gasteiger partial charge in [-0.15, -0.1) is 0 Å². The van der Waals surface area contributed by atoms with Gasteiger partial charge in [0.2, 0.25) is 0 Å². The van der Waals surface area contributed by atoms with Gasteiger partial charge in [0, 0.05) is 16.9 Å². The Bertz CT molecular complexity index is 602. The number of hydrogen-bond acceptors (Lipinski definition) is 3. The molecule has 0 bridgehead atoms. The Morgan fingerprint density at radius 2 is 2.11 bits per heavy atom. The summed E-state index contributed by atoms with van der Waals surface area (Å²) in [5, 5.41) is 9.22. The van der Waals surface area contributed by atoms with E-state index in [-0.39, 0.29) is 11.7 Å². The zero-order valence-corrected chi connectivity index (χ0v) is 10.2. The SMILES string of the molecule is CC(=O)c1cccc(NC(=O)c2cn[nH]c2C)c1. The number of amides is 1. The molecule has 1 heterocycles.